The lowest BCUT2D eigenvalue weighted by atomic mass is 9.92. The molecule has 0 saturated carbocycles. The van der Waals surface area contributed by atoms with Crippen molar-refractivity contribution in [2.75, 3.05) is 6.61 Å². The van der Waals surface area contributed by atoms with E-state index in [9.17, 15) is 9.59 Å². The first kappa shape index (κ1) is 24.2. The molecule has 2 aromatic rings. The van der Waals surface area contributed by atoms with Gasteiger partial charge in [-0.3, -0.25) is 4.79 Å². The number of rotatable bonds is 14. The van der Waals surface area contributed by atoms with Crippen LogP contribution in [0.2, 0.25) is 0 Å². The van der Waals surface area contributed by atoms with E-state index in [1.54, 1.807) is 12.1 Å². The number of hydrogen-bond acceptors (Lipinski definition) is 3. The van der Waals surface area contributed by atoms with Crippen LogP contribution in [-0.2, 0) is 11.2 Å². The topological polar surface area (TPSA) is 83.8 Å². The van der Waals surface area contributed by atoms with Gasteiger partial charge in [0, 0.05) is 6.42 Å². The van der Waals surface area contributed by atoms with Crippen molar-refractivity contribution in [1.29, 1.82) is 0 Å². The summed E-state index contributed by atoms with van der Waals surface area (Å²) >= 11 is 0. The standard InChI is InChI=1S/C26H32O5/c1-2-3-18-31-24-16-12-20(13-17-24)8-9-21(6-4-5-7-25(27)28)19-22-10-14-23(15-11-22)26(29)30/h8-17,21H,2-7,18-19H2,1H3,(H,27,28)(H,29,30). The Labute approximate surface area is 184 Å². The quantitative estimate of drug-likeness (QED) is 0.359. The smallest absolute Gasteiger partial charge is 0.335 e. The first-order valence-electron chi connectivity index (χ1n) is 10.9. The number of unbranched alkanes of at least 4 members (excludes halogenated alkanes) is 2. The Kier molecular flexibility index (Phi) is 10.4. The molecule has 0 amide bonds. The van der Waals surface area contributed by atoms with Gasteiger partial charge in [-0.05, 0) is 67.0 Å². The van der Waals surface area contributed by atoms with Gasteiger partial charge in [-0.15, -0.1) is 0 Å². The van der Waals surface area contributed by atoms with Crippen LogP contribution in [0.1, 0.15) is 66.9 Å². The molecule has 5 nitrogen and oxygen atoms in total. The van der Waals surface area contributed by atoms with Crippen molar-refractivity contribution in [3.8, 4) is 5.75 Å². The molecule has 166 valence electrons. The van der Waals surface area contributed by atoms with E-state index in [4.69, 9.17) is 14.9 Å². The summed E-state index contributed by atoms with van der Waals surface area (Å²) in [5.41, 5.74) is 2.43. The Hall–Kier alpha value is -3.08. The third-order valence-corrected chi connectivity index (χ3v) is 5.12. The van der Waals surface area contributed by atoms with Crippen molar-refractivity contribution in [3.63, 3.8) is 0 Å². The molecule has 0 aliphatic heterocycles. The third kappa shape index (κ3) is 9.51. The fourth-order valence-electron chi connectivity index (χ4n) is 3.29. The lowest BCUT2D eigenvalue weighted by Crippen LogP contribution is -2.04. The fourth-order valence-corrected chi connectivity index (χ4v) is 3.29. The number of carboxylic acids is 2. The fraction of sp³-hybridized carbons (Fsp3) is 0.385. The van der Waals surface area contributed by atoms with E-state index in [2.05, 4.69) is 19.1 Å². The molecule has 2 rings (SSSR count). The van der Waals surface area contributed by atoms with Crippen LogP contribution in [0.5, 0.6) is 5.75 Å². The van der Waals surface area contributed by atoms with E-state index in [-0.39, 0.29) is 17.9 Å². The van der Waals surface area contributed by atoms with Gasteiger partial charge in [0.2, 0.25) is 0 Å². The SMILES string of the molecule is CCCCOc1ccc(C=CC(CCCCC(=O)O)Cc2ccc(C(=O)O)cc2)cc1. The van der Waals surface area contributed by atoms with E-state index >= 15 is 0 Å². The van der Waals surface area contributed by atoms with Crippen LogP contribution in [-0.4, -0.2) is 28.8 Å². The van der Waals surface area contributed by atoms with Gasteiger partial charge < -0.3 is 14.9 Å². The molecule has 0 aliphatic rings. The average Bonchev–Trinajstić information content (AvgIpc) is 2.76. The largest absolute Gasteiger partial charge is 0.494 e. The Morgan fingerprint density at radius 3 is 2.29 bits per heavy atom. The number of aromatic carboxylic acids is 1. The average molecular weight is 425 g/mol. The van der Waals surface area contributed by atoms with Crippen LogP contribution in [0, 0.1) is 5.92 Å². The number of allylic oxidation sites excluding steroid dienone is 1. The van der Waals surface area contributed by atoms with Crippen molar-refractivity contribution >= 4 is 18.0 Å². The molecule has 1 atom stereocenters. The second kappa shape index (κ2) is 13.3. The monoisotopic (exact) mass is 424 g/mol. The summed E-state index contributed by atoms with van der Waals surface area (Å²) in [7, 11) is 0. The second-order valence-corrected chi connectivity index (χ2v) is 7.74. The maximum Gasteiger partial charge on any atom is 0.335 e. The Bertz CT molecular complexity index is 837. The van der Waals surface area contributed by atoms with Gasteiger partial charge >= 0.3 is 11.9 Å². The van der Waals surface area contributed by atoms with Crippen LogP contribution < -0.4 is 4.74 Å². The summed E-state index contributed by atoms with van der Waals surface area (Å²) in [6, 6.07) is 15.0. The zero-order valence-corrected chi connectivity index (χ0v) is 18.1. The zero-order chi connectivity index (χ0) is 22.5. The molecule has 0 spiro atoms. The number of aliphatic carboxylic acids is 1. The normalized spacial score (nSPS) is 12.0. The predicted molar refractivity (Wildman–Crippen MR) is 123 cm³/mol. The Morgan fingerprint density at radius 2 is 1.68 bits per heavy atom. The van der Waals surface area contributed by atoms with Crippen molar-refractivity contribution in [3.05, 3.63) is 71.3 Å². The number of benzene rings is 2. The number of hydrogen-bond donors (Lipinski definition) is 2. The van der Waals surface area contributed by atoms with Crippen molar-refractivity contribution in [2.45, 2.75) is 51.9 Å². The number of carbonyl (C=O) groups is 2. The maximum atomic E-state index is 11.1. The minimum Gasteiger partial charge on any atom is -0.494 e. The van der Waals surface area contributed by atoms with Crippen LogP contribution in [0.15, 0.2) is 54.6 Å². The maximum absolute atomic E-state index is 11.1. The summed E-state index contributed by atoms with van der Waals surface area (Å²) in [4.78, 5) is 21.8. The molecule has 0 saturated heterocycles. The highest BCUT2D eigenvalue weighted by molar-refractivity contribution is 5.87. The van der Waals surface area contributed by atoms with Gasteiger partial charge in [-0.2, -0.15) is 0 Å². The molecule has 0 heterocycles. The molecular formula is C26H32O5. The molecule has 0 fully saturated rings. The summed E-state index contributed by atoms with van der Waals surface area (Å²) < 4.78 is 5.70. The summed E-state index contributed by atoms with van der Waals surface area (Å²) in [6.45, 7) is 2.86. The summed E-state index contributed by atoms with van der Waals surface area (Å²) in [6.07, 6.45) is 9.72. The lowest BCUT2D eigenvalue weighted by molar-refractivity contribution is -0.137. The number of carboxylic acid groups (broad SMARTS) is 2. The van der Waals surface area contributed by atoms with Crippen LogP contribution in [0.25, 0.3) is 6.08 Å². The lowest BCUT2D eigenvalue weighted by Gasteiger charge is -2.13. The molecule has 0 aromatic heterocycles. The highest BCUT2D eigenvalue weighted by atomic mass is 16.5. The van der Waals surface area contributed by atoms with Gasteiger partial charge in [0.05, 0.1) is 12.2 Å². The first-order chi connectivity index (χ1) is 15.0. The third-order valence-electron chi connectivity index (χ3n) is 5.12. The Balaban J connectivity index is 2.01. The minimum absolute atomic E-state index is 0.184. The molecule has 0 aliphatic carbocycles. The van der Waals surface area contributed by atoms with Gasteiger partial charge in [0.25, 0.3) is 0 Å². The van der Waals surface area contributed by atoms with Crippen molar-refractivity contribution < 1.29 is 24.5 Å². The van der Waals surface area contributed by atoms with E-state index in [1.165, 1.54) is 0 Å². The molecule has 2 aromatic carbocycles. The summed E-state index contributed by atoms with van der Waals surface area (Å²) in [5, 5.41) is 17.9. The molecule has 2 N–H and O–H groups in total. The molecule has 1 unspecified atom stereocenters. The second-order valence-electron chi connectivity index (χ2n) is 7.74. The van der Waals surface area contributed by atoms with E-state index in [1.807, 2.05) is 36.4 Å². The van der Waals surface area contributed by atoms with E-state index in [0.29, 0.717) is 6.42 Å². The van der Waals surface area contributed by atoms with Gasteiger partial charge in [-0.1, -0.05) is 56.2 Å². The van der Waals surface area contributed by atoms with E-state index in [0.717, 1.165) is 55.6 Å². The van der Waals surface area contributed by atoms with Crippen LogP contribution >= 0.6 is 0 Å². The molecule has 0 bridgehead atoms. The van der Waals surface area contributed by atoms with Gasteiger partial charge in [0.1, 0.15) is 5.75 Å². The van der Waals surface area contributed by atoms with Crippen molar-refractivity contribution in [1.82, 2.24) is 0 Å². The van der Waals surface area contributed by atoms with E-state index < -0.39 is 11.9 Å². The summed E-state index contributed by atoms with van der Waals surface area (Å²) in [5.74, 6) is -0.587. The number of ether oxygens (including phenoxy) is 1. The molecule has 5 heteroatoms. The Morgan fingerprint density at radius 1 is 0.968 bits per heavy atom. The van der Waals surface area contributed by atoms with Crippen LogP contribution in [0.3, 0.4) is 0 Å². The molecular weight excluding hydrogens is 392 g/mol. The van der Waals surface area contributed by atoms with Crippen molar-refractivity contribution in [2.24, 2.45) is 5.92 Å². The van der Waals surface area contributed by atoms with Crippen LogP contribution in [0.4, 0.5) is 0 Å². The highest BCUT2D eigenvalue weighted by Crippen LogP contribution is 2.21. The molecule has 0 radical (unpaired) electrons. The van der Waals surface area contributed by atoms with Gasteiger partial charge in [0.15, 0.2) is 0 Å². The molecule has 31 heavy (non-hydrogen) atoms. The first-order valence-corrected chi connectivity index (χ1v) is 10.9. The van der Waals surface area contributed by atoms with Gasteiger partial charge in [-0.25, -0.2) is 4.79 Å². The predicted octanol–water partition coefficient (Wildman–Crippen LogP) is 6.08. The zero-order valence-electron chi connectivity index (χ0n) is 18.1. The highest BCUT2D eigenvalue weighted by Gasteiger charge is 2.09. The minimum atomic E-state index is -0.932.